The lowest BCUT2D eigenvalue weighted by molar-refractivity contribution is 0.144. The van der Waals surface area contributed by atoms with Crippen LogP contribution in [0.1, 0.15) is 12.5 Å². The van der Waals surface area contributed by atoms with Crippen LogP contribution < -0.4 is 4.74 Å². The van der Waals surface area contributed by atoms with Crippen LogP contribution in [0.4, 0.5) is 4.79 Å². The third-order valence-corrected chi connectivity index (χ3v) is 6.19. The molecule has 1 N–H and O–H groups in total. The van der Waals surface area contributed by atoms with Gasteiger partial charge in [-0.25, -0.2) is 9.78 Å². The predicted molar refractivity (Wildman–Crippen MR) is 129 cm³/mol. The third-order valence-electron chi connectivity index (χ3n) is 6.19. The molecule has 0 atom stereocenters. The minimum Gasteiger partial charge on any atom is -0.449 e. The first-order valence-corrected chi connectivity index (χ1v) is 10.9. The highest BCUT2D eigenvalue weighted by Gasteiger charge is 2.19. The Hall–Kier alpha value is -3.84. The van der Waals surface area contributed by atoms with Crippen LogP contribution in [0.15, 0.2) is 54.6 Å². The Labute approximate surface area is 190 Å². The number of carboxylic acid groups (broad SMARTS) is 1. The summed E-state index contributed by atoms with van der Waals surface area (Å²) in [5.74, 6) is 1.10. The zero-order valence-electron chi connectivity index (χ0n) is 18.8. The van der Waals surface area contributed by atoms with Gasteiger partial charge in [-0.1, -0.05) is 18.2 Å². The highest BCUT2D eigenvalue weighted by molar-refractivity contribution is 6.09. The molecular formula is C26H25N3O4. The minimum absolute atomic E-state index is 0.291. The number of hydrogen-bond acceptors (Lipinski definition) is 4. The predicted octanol–water partition coefficient (Wildman–Crippen LogP) is 5.84. The van der Waals surface area contributed by atoms with E-state index >= 15 is 0 Å². The molecule has 0 saturated heterocycles. The van der Waals surface area contributed by atoms with E-state index in [1.807, 2.05) is 13.0 Å². The van der Waals surface area contributed by atoms with Gasteiger partial charge in [0.15, 0.2) is 0 Å². The van der Waals surface area contributed by atoms with Crippen LogP contribution in [0, 0.1) is 6.92 Å². The van der Waals surface area contributed by atoms with Gasteiger partial charge in [0.05, 0.1) is 17.6 Å². The van der Waals surface area contributed by atoms with Gasteiger partial charge in [-0.2, -0.15) is 0 Å². The van der Waals surface area contributed by atoms with Crippen LogP contribution in [-0.2, 0) is 17.8 Å². The van der Waals surface area contributed by atoms with Crippen LogP contribution in [0.3, 0.4) is 0 Å². The molecule has 0 radical (unpaired) electrons. The Morgan fingerprint density at radius 1 is 1.00 bits per heavy atom. The van der Waals surface area contributed by atoms with E-state index in [2.05, 4.69) is 58.5 Å². The number of methoxy groups -OCH3 is 1. The summed E-state index contributed by atoms with van der Waals surface area (Å²) in [6.07, 6.45) is -1.34. The van der Waals surface area contributed by atoms with E-state index < -0.39 is 6.16 Å². The van der Waals surface area contributed by atoms with E-state index in [4.69, 9.17) is 19.6 Å². The van der Waals surface area contributed by atoms with Gasteiger partial charge < -0.3 is 23.7 Å². The summed E-state index contributed by atoms with van der Waals surface area (Å²) in [6.45, 7) is 6.03. The fraction of sp³-hybridized carbons (Fsp3) is 0.231. The molecule has 0 amide bonds. The number of aryl methyl sites for hydroxylation is 2. The van der Waals surface area contributed by atoms with E-state index in [1.54, 1.807) is 13.2 Å². The molecule has 2 aromatic heterocycles. The summed E-state index contributed by atoms with van der Waals surface area (Å²) in [5, 5.41) is 11.5. The molecular weight excluding hydrogens is 418 g/mol. The number of benzene rings is 3. The highest BCUT2D eigenvalue weighted by atomic mass is 16.7. The minimum atomic E-state index is -1.34. The number of rotatable bonds is 6. The van der Waals surface area contributed by atoms with Gasteiger partial charge >= 0.3 is 6.16 Å². The van der Waals surface area contributed by atoms with Crippen LogP contribution >= 0.6 is 0 Å². The Balaban J connectivity index is 1.75. The number of aromatic nitrogens is 3. The van der Waals surface area contributed by atoms with Gasteiger partial charge in [0, 0.05) is 53.1 Å². The van der Waals surface area contributed by atoms with Gasteiger partial charge in [0.1, 0.15) is 11.6 Å². The summed E-state index contributed by atoms with van der Waals surface area (Å²) < 4.78 is 14.7. The lowest BCUT2D eigenvalue weighted by Crippen LogP contribution is -2.06. The number of ether oxygens (including phenoxy) is 2. The molecule has 0 fully saturated rings. The molecule has 3 aromatic carbocycles. The van der Waals surface area contributed by atoms with Gasteiger partial charge in [0.25, 0.3) is 0 Å². The molecule has 7 nitrogen and oxygen atoms in total. The quantitative estimate of drug-likeness (QED) is 0.263. The Morgan fingerprint density at radius 2 is 1.76 bits per heavy atom. The second-order valence-electron chi connectivity index (χ2n) is 8.00. The smallest absolute Gasteiger partial charge is 0.449 e. The number of carbonyl (C=O) groups is 1. The summed E-state index contributed by atoms with van der Waals surface area (Å²) in [5.41, 5.74) is 5.72. The lowest BCUT2D eigenvalue weighted by atomic mass is 10.1. The summed E-state index contributed by atoms with van der Waals surface area (Å²) in [7, 11) is 1.68. The van der Waals surface area contributed by atoms with E-state index in [0.717, 1.165) is 29.0 Å². The summed E-state index contributed by atoms with van der Waals surface area (Å²) in [4.78, 5) is 16.0. The SMILES string of the molecule is CCn1c2ccccc2c2cc(-c3nc4c(C)c(OC(=O)O)ccc4n3CCOC)ccc21. The topological polar surface area (TPSA) is 78.5 Å². The number of fused-ring (bicyclic) bond motifs is 4. The Morgan fingerprint density at radius 3 is 2.52 bits per heavy atom. The molecule has 0 aliphatic heterocycles. The van der Waals surface area contributed by atoms with Crippen molar-refractivity contribution >= 4 is 39.0 Å². The first kappa shape index (κ1) is 21.0. The van der Waals surface area contributed by atoms with Gasteiger partial charge in [-0.05, 0) is 50.2 Å². The average Bonchev–Trinajstić information content (AvgIpc) is 3.34. The largest absolute Gasteiger partial charge is 0.511 e. The van der Waals surface area contributed by atoms with Crippen molar-refractivity contribution in [2.75, 3.05) is 13.7 Å². The molecule has 5 aromatic rings. The third kappa shape index (κ3) is 3.41. The normalized spacial score (nSPS) is 11.6. The van der Waals surface area contributed by atoms with Crippen molar-refractivity contribution in [1.29, 1.82) is 0 Å². The highest BCUT2D eigenvalue weighted by Crippen LogP contribution is 2.35. The van der Waals surface area contributed by atoms with E-state index in [1.165, 1.54) is 21.8 Å². The van der Waals surface area contributed by atoms with Crippen molar-refractivity contribution in [3.05, 3.63) is 60.2 Å². The fourth-order valence-corrected chi connectivity index (χ4v) is 4.67. The van der Waals surface area contributed by atoms with Crippen LogP contribution in [0.5, 0.6) is 5.75 Å². The van der Waals surface area contributed by atoms with Gasteiger partial charge in [0.2, 0.25) is 0 Å². The second kappa shape index (κ2) is 8.26. The zero-order valence-corrected chi connectivity index (χ0v) is 18.8. The number of hydrogen-bond donors (Lipinski definition) is 1. The Bertz CT molecular complexity index is 1510. The molecule has 168 valence electrons. The number of imidazole rings is 1. The standard InChI is InChI=1S/C26H25N3O4/c1-4-28-20-8-6-5-7-18(20)19-15-17(9-10-21(19)28)25-27-24-16(2)23(33-26(30)31)12-11-22(24)29(25)13-14-32-3/h5-12,15H,4,13-14H2,1-3H3,(H,30,31). The Kier molecular flexibility index (Phi) is 5.26. The van der Waals surface area contributed by atoms with Crippen molar-refractivity contribution < 1.29 is 19.4 Å². The first-order chi connectivity index (χ1) is 16.0. The van der Waals surface area contributed by atoms with Crippen molar-refractivity contribution in [1.82, 2.24) is 14.1 Å². The molecule has 0 aliphatic rings. The number of nitrogens with zero attached hydrogens (tertiary/aromatic N) is 3. The van der Waals surface area contributed by atoms with Crippen LogP contribution in [-0.4, -0.2) is 39.1 Å². The molecule has 0 aliphatic carbocycles. The molecule has 5 rings (SSSR count). The summed E-state index contributed by atoms with van der Waals surface area (Å²) in [6, 6.07) is 18.4. The maximum absolute atomic E-state index is 11.1. The number of para-hydroxylation sites is 1. The molecule has 7 heteroatoms. The average molecular weight is 444 g/mol. The maximum atomic E-state index is 11.1. The van der Waals surface area contributed by atoms with Crippen molar-refractivity contribution in [2.45, 2.75) is 26.9 Å². The van der Waals surface area contributed by atoms with Crippen LogP contribution in [0.25, 0.3) is 44.2 Å². The molecule has 0 bridgehead atoms. The van der Waals surface area contributed by atoms with Gasteiger partial charge in [-0.15, -0.1) is 0 Å². The van der Waals surface area contributed by atoms with Gasteiger partial charge in [-0.3, -0.25) is 0 Å². The summed E-state index contributed by atoms with van der Waals surface area (Å²) >= 11 is 0. The monoisotopic (exact) mass is 443 g/mol. The maximum Gasteiger partial charge on any atom is 0.511 e. The first-order valence-electron chi connectivity index (χ1n) is 10.9. The fourth-order valence-electron chi connectivity index (χ4n) is 4.67. The lowest BCUT2D eigenvalue weighted by Gasteiger charge is -2.10. The molecule has 33 heavy (non-hydrogen) atoms. The molecule has 0 saturated carbocycles. The molecule has 2 heterocycles. The zero-order chi connectivity index (χ0) is 23.1. The van der Waals surface area contributed by atoms with E-state index in [0.29, 0.717) is 24.5 Å². The van der Waals surface area contributed by atoms with Crippen molar-refractivity contribution in [2.24, 2.45) is 0 Å². The second-order valence-corrected chi connectivity index (χ2v) is 8.00. The molecule has 0 unspecified atom stereocenters. The van der Waals surface area contributed by atoms with E-state index in [9.17, 15) is 4.79 Å². The van der Waals surface area contributed by atoms with Crippen molar-refractivity contribution in [3.63, 3.8) is 0 Å². The van der Waals surface area contributed by atoms with Crippen molar-refractivity contribution in [3.8, 4) is 17.1 Å². The molecule has 0 spiro atoms. The van der Waals surface area contributed by atoms with Crippen LogP contribution in [0.2, 0.25) is 0 Å². The van der Waals surface area contributed by atoms with E-state index in [-0.39, 0.29) is 0 Å².